The average molecular weight is 366 g/mol. The topological polar surface area (TPSA) is 43.3 Å². The van der Waals surface area contributed by atoms with Gasteiger partial charge < -0.3 is 19.9 Å². The second-order valence-corrected chi connectivity index (χ2v) is 7.94. The number of rotatable bonds is 5. The fourth-order valence-corrected chi connectivity index (χ4v) is 4.64. The maximum Gasteiger partial charge on any atom is 0.193 e. The average Bonchev–Trinajstić information content (AvgIpc) is 3.31. The van der Waals surface area contributed by atoms with Gasteiger partial charge in [0.2, 0.25) is 0 Å². The smallest absolute Gasteiger partial charge is 0.193 e. The van der Waals surface area contributed by atoms with Crippen LogP contribution in [0.5, 0.6) is 0 Å². The Labute approximate surface area is 155 Å². The van der Waals surface area contributed by atoms with Crippen LogP contribution in [0.1, 0.15) is 17.3 Å². The van der Waals surface area contributed by atoms with Gasteiger partial charge in [-0.2, -0.15) is 0 Å². The maximum atomic E-state index is 5.48. The number of nitrogens with one attached hydrogen (secondary N) is 1. The van der Waals surface area contributed by atoms with E-state index in [9.17, 15) is 0 Å². The highest BCUT2D eigenvalue weighted by Crippen LogP contribution is 2.23. The van der Waals surface area contributed by atoms with E-state index in [1.807, 2.05) is 18.4 Å². The van der Waals surface area contributed by atoms with Gasteiger partial charge in [-0.05, 0) is 32.0 Å². The Bertz CT molecular complexity index is 542. The lowest BCUT2D eigenvalue weighted by molar-refractivity contribution is 0.0195. The van der Waals surface area contributed by atoms with E-state index in [1.165, 1.54) is 11.3 Å². The summed E-state index contributed by atoms with van der Waals surface area (Å²) in [5, 5.41) is 5.75. The van der Waals surface area contributed by atoms with Crippen LogP contribution < -0.4 is 5.32 Å². The molecule has 2 saturated heterocycles. The Morgan fingerprint density at radius 3 is 2.84 bits per heavy atom. The van der Waals surface area contributed by atoms with Gasteiger partial charge in [0.05, 0.1) is 19.3 Å². The molecule has 0 aromatic carbocycles. The predicted molar refractivity (Wildman–Crippen MR) is 104 cm³/mol. The van der Waals surface area contributed by atoms with Gasteiger partial charge in [0.25, 0.3) is 0 Å². The molecule has 1 N–H and O–H groups in total. The Morgan fingerprint density at radius 2 is 2.20 bits per heavy atom. The van der Waals surface area contributed by atoms with Gasteiger partial charge in [-0.3, -0.25) is 9.89 Å². The molecule has 0 amide bonds. The molecule has 0 aliphatic carbocycles. The molecule has 1 aromatic heterocycles. The Morgan fingerprint density at radius 1 is 1.40 bits per heavy atom. The molecule has 7 heteroatoms. The van der Waals surface area contributed by atoms with Crippen molar-refractivity contribution in [3.63, 3.8) is 0 Å². The minimum Gasteiger partial charge on any atom is -0.379 e. The van der Waals surface area contributed by atoms with Gasteiger partial charge >= 0.3 is 0 Å². The lowest BCUT2D eigenvalue weighted by Crippen LogP contribution is -2.47. The molecule has 2 unspecified atom stereocenters. The summed E-state index contributed by atoms with van der Waals surface area (Å²) in [6.07, 6.45) is 1.21. The van der Waals surface area contributed by atoms with Crippen molar-refractivity contribution in [2.45, 2.75) is 18.5 Å². The molecule has 0 saturated carbocycles. The number of hydrogen-bond donors (Lipinski definition) is 1. The second-order valence-electron chi connectivity index (χ2n) is 6.96. The predicted octanol–water partition coefficient (Wildman–Crippen LogP) is 1.33. The van der Waals surface area contributed by atoms with E-state index in [0.717, 1.165) is 51.9 Å². The highest BCUT2D eigenvalue weighted by Gasteiger charge is 2.30. The first-order chi connectivity index (χ1) is 12.2. The molecule has 25 heavy (non-hydrogen) atoms. The van der Waals surface area contributed by atoms with Gasteiger partial charge in [-0.15, -0.1) is 11.3 Å². The molecule has 2 aliphatic rings. The number of guanidine groups is 1. The maximum absolute atomic E-state index is 5.48. The lowest BCUT2D eigenvalue weighted by Gasteiger charge is -2.32. The first-order valence-corrected chi connectivity index (χ1v) is 10.0. The number of ether oxygens (including phenoxy) is 1. The van der Waals surface area contributed by atoms with Crippen molar-refractivity contribution >= 4 is 17.3 Å². The van der Waals surface area contributed by atoms with E-state index in [1.54, 1.807) is 0 Å². The SMILES string of the molecule is CN=C(NCC(c1cccs1)N(C)C)N1CCC(N2CCOCC2)C1. The number of morpholine rings is 1. The molecule has 6 nitrogen and oxygen atoms in total. The van der Waals surface area contributed by atoms with Gasteiger partial charge in [-0.1, -0.05) is 6.07 Å². The molecule has 2 fully saturated rings. The zero-order chi connectivity index (χ0) is 17.6. The molecule has 1 aromatic rings. The molecule has 0 radical (unpaired) electrons. The van der Waals surface area contributed by atoms with Gasteiger partial charge in [0.1, 0.15) is 0 Å². The molecular formula is C18H31N5OS. The van der Waals surface area contributed by atoms with E-state index < -0.39 is 0 Å². The lowest BCUT2D eigenvalue weighted by atomic mass is 10.2. The normalized spacial score (nSPS) is 24.1. The summed E-state index contributed by atoms with van der Waals surface area (Å²) in [7, 11) is 6.17. The van der Waals surface area contributed by atoms with Crippen molar-refractivity contribution in [2.24, 2.45) is 4.99 Å². The van der Waals surface area contributed by atoms with Crippen molar-refractivity contribution in [3.8, 4) is 0 Å². The summed E-state index contributed by atoms with van der Waals surface area (Å²) in [5.74, 6) is 1.03. The van der Waals surface area contributed by atoms with Crippen LogP contribution in [0.15, 0.2) is 22.5 Å². The largest absolute Gasteiger partial charge is 0.379 e. The number of hydrogen-bond acceptors (Lipinski definition) is 5. The number of aliphatic imine (C=N–C) groups is 1. The summed E-state index contributed by atoms with van der Waals surface area (Å²) in [6, 6.07) is 5.33. The van der Waals surface area contributed by atoms with Crippen LogP contribution in [0, 0.1) is 0 Å². The minimum absolute atomic E-state index is 0.370. The first-order valence-electron chi connectivity index (χ1n) is 9.16. The summed E-state index contributed by atoms with van der Waals surface area (Å²) >= 11 is 1.82. The Balaban J connectivity index is 1.54. The van der Waals surface area contributed by atoms with E-state index in [4.69, 9.17) is 4.74 Å². The zero-order valence-corrected chi connectivity index (χ0v) is 16.5. The van der Waals surface area contributed by atoms with Crippen molar-refractivity contribution in [3.05, 3.63) is 22.4 Å². The third-order valence-corrected chi connectivity index (χ3v) is 6.16. The number of thiophene rings is 1. The number of likely N-dealkylation sites (tertiary alicyclic amines) is 1. The molecule has 0 bridgehead atoms. The van der Waals surface area contributed by atoms with Crippen LogP contribution in [0.2, 0.25) is 0 Å². The van der Waals surface area contributed by atoms with Crippen molar-refractivity contribution < 1.29 is 4.74 Å². The van der Waals surface area contributed by atoms with Crippen LogP contribution in [-0.2, 0) is 4.74 Å². The summed E-state index contributed by atoms with van der Waals surface area (Å²) in [4.78, 5) is 13.2. The second kappa shape index (κ2) is 8.98. The third-order valence-electron chi connectivity index (χ3n) is 5.19. The molecule has 2 aliphatic heterocycles. The van der Waals surface area contributed by atoms with E-state index in [-0.39, 0.29) is 0 Å². The fraction of sp³-hybridized carbons (Fsp3) is 0.722. The summed E-state index contributed by atoms with van der Waals surface area (Å²) < 4.78 is 5.48. The van der Waals surface area contributed by atoms with E-state index in [0.29, 0.717) is 12.1 Å². The van der Waals surface area contributed by atoms with Crippen LogP contribution in [-0.4, -0.2) is 93.8 Å². The molecule has 3 rings (SSSR count). The first kappa shape index (κ1) is 18.6. The minimum atomic E-state index is 0.370. The zero-order valence-electron chi connectivity index (χ0n) is 15.6. The molecular weight excluding hydrogens is 334 g/mol. The number of likely N-dealkylation sites (N-methyl/N-ethyl adjacent to an activating group) is 1. The van der Waals surface area contributed by atoms with Crippen LogP contribution in [0.25, 0.3) is 0 Å². The quantitative estimate of drug-likeness (QED) is 0.630. The van der Waals surface area contributed by atoms with Crippen LogP contribution >= 0.6 is 11.3 Å². The van der Waals surface area contributed by atoms with Crippen molar-refractivity contribution in [1.82, 2.24) is 20.0 Å². The monoisotopic (exact) mass is 365 g/mol. The highest BCUT2D eigenvalue weighted by atomic mass is 32.1. The summed E-state index contributed by atoms with van der Waals surface area (Å²) in [5.41, 5.74) is 0. The van der Waals surface area contributed by atoms with Crippen LogP contribution in [0.3, 0.4) is 0 Å². The standard InChI is InChI=1S/C18H31N5OS/c1-19-18(20-13-16(21(2)3)17-5-4-12-25-17)23-7-6-15(14-23)22-8-10-24-11-9-22/h4-5,12,15-16H,6-11,13-14H2,1-3H3,(H,19,20). The summed E-state index contributed by atoms with van der Waals surface area (Å²) in [6.45, 7) is 6.87. The van der Waals surface area contributed by atoms with E-state index >= 15 is 0 Å². The highest BCUT2D eigenvalue weighted by molar-refractivity contribution is 7.10. The van der Waals surface area contributed by atoms with Gasteiger partial charge in [-0.25, -0.2) is 0 Å². The van der Waals surface area contributed by atoms with Crippen molar-refractivity contribution in [1.29, 1.82) is 0 Å². The molecule has 2 atom stereocenters. The molecule has 140 valence electrons. The van der Waals surface area contributed by atoms with Crippen molar-refractivity contribution in [2.75, 3.05) is 67.1 Å². The molecule has 0 spiro atoms. The third kappa shape index (κ3) is 4.73. The molecule has 3 heterocycles. The Kier molecular flexibility index (Phi) is 6.70. The van der Waals surface area contributed by atoms with Crippen LogP contribution in [0.4, 0.5) is 0 Å². The van der Waals surface area contributed by atoms with Gasteiger partial charge in [0, 0.05) is 50.7 Å². The van der Waals surface area contributed by atoms with E-state index in [2.05, 4.69) is 56.6 Å². The van der Waals surface area contributed by atoms with Gasteiger partial charge in [0.15, 0.2) is 5.96 Å². The number of nitrogens with zero attached hydrogens (tertiary/aromatic N) is 4. The fourth-order valence-electron chi connectivity index (χ4n) is 3.71. The Hall–Kier alpha value is -1.15.